The molecular formula is C36H41N7O2. The van der Waals surface area contributed by atoms with E-state index in [1.165, 1.54) is 11.1 Å². The van der Waals surface area contributed by atoms with E-state index in [2.05, 4.69) is 81.6 Å². The van der Waals surface area contributed by atoms with Crippen molar-refractivity contribution in [1.29, 1.82) is 0 Å². The largest absolute Gasteiger partial charge is 0.489 e. The van der Waals surface area contributed by atoms with Crippen molar-refractivity contribution in [2.24, 2.45) is 12.5 Å². The van der Waals surface area contributed by atoms with Gasteiger partial charge in [-0.15, -0.1) is 5.10 Å². The number of ether oxygens (including phenoxy) is 1. The van der Waals surface area contributed by atoms with E-state index in [9.17, 15) is 4.79 Å². The molecule has 0 bridgehead atoms. The minimum absolute atomic E-state index is 0.0703. The molecule has 1 amide bonds. The molecule has 3 aromatic heterocycles. The molecule has 4 heterocycles. The molecule has 9 nitrogen and oxygen atoms in total. The van der Waals surface area contributed by atoms with E-state index in [0.29, 0.717) is 0 Å². The number of hydrogen-bond donors (Lipinski definition) is 1. The minimum Gasteiger partial charge on any atom is -0.489 e. The molecule has 1 aliphatic rings. The second-order valence-corrected chi connectivity index (χ2v) is 12.7. The first-order valence-electron chi connectivity index (χ1n) is 15.6. The average molecular weight is 604 g/mol. The van der Waals surface area contributed by atoms with Crippen LogP contribution in [0.4, 0.5) is 5.69 Å². The number of amides is 1. The predicted molar refractivity (Wildman–Crippen MR) is 176 cm³/mol. The first-order chi connectivity index (χ1) is 21.7. The Labute approximate surface area is 264 Å². The zero-order valence-corrected chi connectivity index (χ0v) is 26.9. The van der Waals surface area contributed by atoms with Crippen molar-refractivity contribution in [1.82, 2.24) is 29.9 Å². The minimum atomic E-state index is -0.829. The summed E-state index contributed by atoms with van der Waals surface area (Å²) in [6.45, 7) is 12.8. The number of carbonyl (C=O) groups is 1. The molecule has 232 valence electrons. The molecule has 2 atom stereocenters. The van der Waals surface area contributed by atoms with Crippen molar-refractivity contribution in [2.45, 2.75) is 66.2 Å². The number of aryl methyl sites for hydroxylation is 3. The van der Waals surface area contributed by atoms with Crippen LogP contribution in [-0.2, 0) is 24.9 Å². The van der Waals surface area contributed by atoms with E-state index < -0.39 is 5.41 Å². The van der Waals surface area contributed by atoms with Gasteiger partial charge in [-0.25, -0.2) is 4.68 Å². The van der Waals surface area contributed by atoms with E-state index in [1.54, 1.807) is 23.3 Å². The van der Waals surface area contributed by atoms with Crippen LogP contribution in [0.1, 0.15) is 66.5 Å². The van der Waals surface area contributed by atoms with Gasteiger partial charge < -0.3 is 10.1 Å². The average Bonchev–Trinajstić information content (AvgIpc) is 3.31. The fourth-order valence-electron chi connectivity index (χ4n) is 6.48. The first-order valence-corrected chi connectivity index (χ1v) is 15.6. The van der Waals surface area contributed by atoms with Gasteiger partial charge in [0.05, 0.1) is 10.9 Å². The summed E-state index contributed by atoms with van der Waals surface area (Å²) < 4.78 is 8.14. The lowest BCUT2D eigenvalue weighted by atomic mass is 9.69. The maximum atomic E-state index is 14.1. The van der Waals surface area contributed by atoms with Crippen molar-refractivity contribution in [3.8, 4) is 5.75 Å². The molecule has 0 fully saturated rings. The highest BCUT2D eigenvalue weighted by molar-refractivity contribution is 5.96. The van der Waals surface area contributed by atoms with Crippen molar-refractivity contribution >= 4 is 22.6 Å². The molecule has 1 aliphatic heterocycles. The molecule has 45 heavy (non-hydrogen) atoms. The van der Waals surface area contributed by atoms with Crippen molar-refractivity contribution < 1.29 is 9.53 Å². The summed E-state index contributed by atoms with van der Waals surface area (Å²) in [4.78, 5) is 25.0. The molecule has 2 aromatic carbocycles. The van der Waals surface area contributed by atoms with E-state index in [0.717, 1.165) is 70.8 Å². The fourth-order valence-corrected chi connectivity index (χ4v) is 6.48. The van der Waals surface area contributed by atoms with Gasteiger partial charge in [-0.05, 0) is 72.4 Å². The highest BCUT2D eigenvalue weighted by atomic mass is 16.5. The smallest absolute Gasteiger partial charge is 0.230 e. The molecule has 0 unspecified atom stereocenters. The molecule has 1 N–H and O–H groups in total. The molecule has 5 aromatic rings. The number of aromatic nitrogens is 5. The van der Waals surface area contributed by atoms with Crippen LogP contribution in [0, 0.1) is 19.3 Å². The van der Waals surface area contributed by atoms with Crippen LogP contribution in [0.2, 0.25) is 0 Å². The second-order valence-electron chi connectivity index (χ2n) is 12.7. The number of carbonyl (C=O) groups excluding carboxylic acids is 1. The normalized spacial score (nSPS) is 16.1. The molecule has 0 saturated carbocycles. The van der Waals surface area contributed by atoms with Crippen LogP contribution in [0.15, 0.2) is 73.3 Å². The van der Waals surface area contributed by atoms with Gasteiger partial charge in [-0.3, -0.25) is 19.7 Å². The number of fused-ring (bicyclic) bond motifs is 2. The lowest BCUT2D eigenvalue weighted by molar-refractivity contribution is -0.124. The number of benzene rings is 2. The highest BCUT2D eigenvalue weighted by Crippen LogP contribution is 2.44. The molecule has 0 spiro atoms. The van der Waals surface area contributed by atoms with E-state index in [1.807, 2.05) is 45.3 Å². The number of nitrogens with one attached hydrogen (secondary N) is 1. The van der Waals surface area contributed by atoms with Gasteiger partial charge >= 0.3 is 0 Å². The third-order valence-corrected chi connectivity index (χ3v) is 9.20. The van der Waals surface area contributed by atoms with Crippen molar-refractivity contribution in [3.05, 3.63) is 107 Å². The zero-order valence-electron chi connectivity index (χ0n) is 26.9. The van der Waals surface area contributed by atoms with Crippen LogP contribution in [-0.4, -0.2) is 48.4 Å². The van der Waals surface area contributed by atoms with Crippen LogP contribution in [0.3, 0.4) is 0 Å². The predicted octanol–water partition coefficient (Wildman–Crippen LogP) is 6.35. The summed E-state index contributed by atoms with van der Waals surface area (Å²) in [5.41, 5.74) is 8.40. The Kier molecular flexibility index (Phi) is 8.38. The zero-order chi connectivity index (χ0) is 31.7. The highest BCUT2D eigenvalue weighted by Gasteiger charge is 2.40. The lowest BCUT2D eigenvalue weighted by Gasteiger charge is -2.35. The topological polar surface area (TPSA) is 98.1 Å². The van der Waals surface area contributed by atoms with Gasteiger partial charge in [0.1, 0.15) is 17.4 Å². The first kappa shape index (κ1) is 30.4. The third kappa shape index (κ3) is 6.04. The Morgan fingerprint density at radius 3 is 2.62 bits per heavy atom. The molecule has 0 saturated heterocycles. The molecular weight excluding hydrogens is 562 g/mol. The summed E-state index contributed by atoms with van der Waals surface area (Å²) in [6.07, 6.45) is 8.09. The third-order valence-electron chi connectivity index (χ3n) is 9.20. The van der Waals surface area contributed by atoms with E-state index >= 15 is 0 Å². The van der Waals surface area contributed by atoms with Crippen LogP contribution >= 0.6 is 0 Å². The summed E-state index contributed by atoms with van der Waals surface area (Å²) >= 11 is 0. The summed E-state index contributed by atoms with van der Waals surface area (Å²) in [7, 11) is 1.90. The van der Waals surface area contributed by atoms with E-state index in [-0.39, 0.29) is 17.9 Å². The number of rotatable bonds is 8. The quantitative estimate of drug-likeness (QED) is 0.221. The van der Waals surface area contributed by atoms with E-state index in [4.69, 9.17) is 4.74 Å². The van der Waals surface area contributed by atoms with Crippen LogP contribution < -0.4 is 10.1 Å². The molecule has 0 aliphatic carbocycles. The monoisotopic (exact) mass is 603 g/mol. The van der Waals surface area contributed by atoms with Crippen LogP contribution in [0.25, 0.3) is 11.0 Å². The molecule has 0 radical (unpaired) electrons. The van der Waals surface area contributed by atoms with Crippen molar-refractivity contribution in [2.75, 3.05) is 11.9 Å². The fraction of sp³-hybridized carbons (Fsp3) is 0.361. The Morgan fingerprint density at radius 1 is 1.07 bits per heavy atom. The number of pyridine rings is 2. The number of hydrogen-bond acceptors (Lipinski definition) is 7. The summed E-state index contributed by atoms with van der Waals surface area (Å²) in [5.74, 6) is 0.589. The van der Waals surface area contributed by atoms with Crippen molar-refractivity contribution in [3.63, 3.8) is 0 Å². The maximum Gasteiger partial charge on any atom is 0.230 e. The van der Waals surface area contributed by atoms with Gasteiger partial charge in [0.25, 0.3) is 0 Å². The molecule has 6 rings (SSSR count). The molecule has 9 heteroatoms. The Bertz CT molecular complexity index is 1830. The SMILES string of the molecule is CC[C@@H]1CN(Cc2cc([C@@H](c3ccc4c(nnn4C)c3C)C(C)(C)C(=O)Nc3ccncc3)ccc2C)Cc2cnccc2O1. The standard InChI is InChI=1S/C36H41N7O2/c1-7-29-22-43(21-27-19-38-17-14-32(27)45-29)20-26-18-25(9-8-23(26)2)33(30-10-11-31-34(24(30)3)40-41-42(31)6)36(4,5)35(44)39-28-12-15-37-16-13-28/h8-19,29,33H,7,20-22H2,1-6H3,(H,37,39,44)/t29-,33+/m1/s1. The Balaban J connectivity index is 1.41. The maximum absolute atomic E-state index is 14.1. The summed E-state index contributed by atoms with van der Waals surface area (Å²) in [5, 5.41) is 11.9. The van der Waals surface area contributed by atoms with Gasteiger partial charge in [-0.1, -0.05) is 50.3 Å². The Hall–Kier alpha value is -4.63. The Morgan fingerprint density at radius 2 is 1.84 bits per heavy atom. The van der Waals surface area contributed by atoms with Crippen LogP contribution in [0.5, 0.6) is 5.75 Å². The van der Waals surface area contributed by atoms with Gasteiger partial charge in [-0.2, -0.15) is 0 Å². The second kappa shape index (κ2) is 12.4. The van der Waals surface area contributed by atoms with Gasteiger partial charge in [0.15, 0.2) is 0 Å². The van der Waals surface area contributed by atoms with Gasteiger partial charge in [0, 0.05) is 68.6 Å². The van der Waals surface area contributed by atoms with Gasteiger partial charge in [0.2, 0.25) is 5.91 Å². The lowest BCUT2D eigenvalue weighted by Crippen LogP contribution is -2.37. The summed E-state index contributed by atoms with van der Waals surface area (Å²) in [6, 6.07) is 16.4. The number of nitrogens with zero attached hydrogens (tertiary/aromatic N) is 6. The number of anilines is 1.